The number of nitrogens with zero attached hydrogens (tertiary/aromatic N) is 1. The molecule has 0 N–H and O–H groups in total. The summed E-state index contributed by atoms with van der Waals surface area (Å²) in [5, 5.41) is 8.86. The van der Waals surface area contributed by atoms with E-state index >= 15 is 0 Å². The van der Waals surface area contributed by atoms with E-state index in [1.165, 1.54) is 18.2 Å². The van der Waals surface area contributed by atoms with Crippen LogP contribution in [0, 0.1) is 11.3 Å². The number of nitriles is 1. The van der Waals surface area contributed by atoms with E-state index in [1.54, 1.807) is 0 Å². The molecule has 0 heterocycles. The van der Waals surface area contributed by atoms with E-state index in [4.69, 9.17) is 14.7 Å². The van der Waals surface area contributed by atoms with Gasteiger partial charge in [-0.05, 0) is 18.2 Å². The summed E-state index contributed by atoms with van der Waals surface area (Å²) in [5.41, 5.74) is 0.0466. The molecule has 1 aromatic carbocycles. The third kappa shape index (κ3) is 2.62. The molecular formula is C15H9NO6. The van der Waals surface area contributed by atoms with E-state index < -0.39 is 35.0 Å². The number of hydrogen-bond acceptors (Lipinski definition) is 7. The van der Waals surface area contributed by atoms with Crippen molar-refractivity contribution in [2.24, 2.45) is 0 Å². The van der Waals surface area contributed by atoms with E-state index in [0.29, 0.717) is 0 Å². The van der Waals surface area contributed by atoms with Crippen LogP contribution in [0.3, 0.4) is 0 Å². The van der Waals surface area contributed by atoms with E-state index in [-0.39, 0.29) is 16.7 Å². The van der Waals surface area contributed by atoms with Gasteiger partial charge in [0.1, 0.15) is 0 Å². The van der Waals surface area contributed by atoms with Crippen molar-refractivity contribution < 1.29 is 28.7 Å². The molecule has 7 nitrogen and oxygen atoms in total. The molecule has 22 heavy (non-hydrogen) atoms. The molecule has 1 aromatic rings. The van der Waals surface area contributed by atoms with Crippen LogP contribution in [0.25, 0.3) is 0 Å². The van der Waals surface area contributed by atoms with Crippen molar-refractivity contribution in [3.63, 3.8) is 0 Å². The van der Waals surface area contributed by atoms with Gasteiger partial charge in [-0.1, -0.05) is 0 Å². The molecule has 0 saturated heterocycles. The molecule has 2 rings (SSSR count). The number of fused-ring (bicyclic) bond motifs is 1. The summed E-state index contributed by atoms with van der Waals surface area (Å²) in [6, 6.07) is 5.68. The molecule has 0 spiro atoms. The largest absolute Gasteiger partial charge is 0.418 e. The second kappa shape index (κ2) is 5.61. The highest BCUT2D eigenvalue weighted by atomic mass is 16.6. The Balaban J connectivity index is 2.65. The Labute approximate surface area is 124 Å². The lowest BCUT2D eigenvalue weighted by Crippen LogP contribution is -2.27. The van der Waals surface area contributed by atoms with Gasteiger partial charge in [0.25, 0.3) is 0 Å². The zero-order valence-corrected chi connectivity index (χ0v) is 11.6. The van der Waals surface area contributed by atoms with Crippen molar-refractivity contribution in [2.45, 2.75) is 13.8 Å². The van der Waals surface area contributed by atoms with Crippen molar-refractivity contribution in [3.05, 3.63) is 46.4 Å². The topological polar surface area (TPSA) is 111 Å². The second-order valence-corrected chi connectivity index (χ2v) is 4.38. The maximum absolute atomic E-state index is 12.4. The van der Waals surface area contributed by atoms with Crippen LogP contribution in [0.2, 0.25) is 0 Å². The number of esters is 2. The van der Waals surface area contributed by atoms with Crippen LogP contribution in [0.5, 0.6) is 0 Å². The molecule has 1 aliphatic rings. The van der Waals surface area contributed by atoms with Crippen LogP contribution < -0.4 is 0 Å². The van der Waals surface area contributed by atoms with Crippen molar-refractivity contribution in [3.8, 4) is 6.07 Å². The minimum absolute atomic E-state index is 0.0313. The molecule has 7 heteroatoms. The third-order valence-electron chi connectivity index (χ3n) is 2.75. The normalized spacial score (nSPS) is 13.3. The average Bonchev–Trinajstić information content (AvgIpc) is 2.47. The predicted octanol–water partition coefficient (Wildman–Crippen LogP) is 1.28. The summed E-state index contributed by atoms with van der Waals surface area (Å²) in [5.74, 6) is -4.55. The molecule has 0 aromatic heterocycles. The van der Waals surface area contributed by atoms with Crippen LogP contribution in [-0.4, -0.2) is 23.5 Å². The van der Waals surface area contributed by atoms with E-state index in [1.807, 2.05) is 6.07 Å². The Hall–Kier alpha value is -3.27. The molecule has 0 bridgehead atoms. The van der Waals surface area contributed by atoms with Crippen LogP contribution in [0.4, 0.5) is 0 Å². The molecule has 0 aliphatic heterocycles. The molecule has 0 unspecified atom stereocenters. The van der Waals surface area contributed by atoms with E-state index in [2.05, 4.69) is 0 Å². The minimum Gasteiger partial charge on any atom is -0.418 e. The van der Waals surface area contributed by atoms with Gasteiger partial charge in [0.15, 0.2) is 0 Å². The number of benzene rings is 1. The smallest absolute Gasteiger partial charge is 0.308 e. The molecule has 1 aliphatic carbocycles. The van der Waals surface area contributed by atoms with Gasteiger partial charge in [-0.15, -0.1) is 0 Å². The summed E-state index contributed by atoms with van der Waals surface area (Å²) < 4.78 is 9.46. The number of rotatable bonds is 2. The van der Waals surface area contributed by atoms with E-state index in [9.17, 15) is 19.2 Å². The number of Topliss-reactive ketones (excluding diaryl/α,β-unsaturated/α-hetero) is 2. The van der Waals surface area contributed by atoms with Gasteiger partial charge in [0, 0.05) is 25.0 Å². The monoisotopic (exact) mass is 299 g/mol. The standard InChI is InChI=1S/C15H9NO6/c1-7(17)21-14-12(19)10-4-3-9(6-16)5-11(10)13(20)15(14)22-8(2)18/h3-5H,1-2H3. The van der Waals surface area contributed by atoms with Crippen molar-refractivity contribution in [2.75, 3.05) is 0 Å². The fraction of sp³-hybridized carbons (Fsp3) is 0.133. The summed E-state index contributed by atoms with van der Waals surface area (Å²) in [6.45, 7) is 2.09. The lowest BCUT2D eigenvalue weighted by atomic mass is 9.91. The zero-order valence-electron chi connectivity index (χ0n) is 11.6. The number of ketones is 2. The Morgan fingerprint density at radius 2 is 1.45 bits per heavy atom. The Morgan fingerprint density at radius 1 is 0.955 bits per heavy atom. The SMILES string of the molecule is CC(=O)OC1=C(OC(C)=O)C(=O)c2cc(C#N)ccc2C1=O. The number of hydrogen-bond donors (Lipinski definition) is 0. The molecule has 110 valence electrons. The number of carbonyl (C=O) groups is 4. The lowest BCUT2D eigenvalue weighted by Gasteiger charge is -2.19. The van der Waals surface area contributed by atoms with Gasteiger partial charge in [0.2, 0.25) is 23.1 Å². The van der Waals surface area contributed by atoms with Gasteiger partial charge in [-0.2, -0.15) is 5.26 Å². The molecule has 0 amide bonds. The molecule has 0 radical (unpaired) electrons. The number of allylic oxidation sites excluding steroid dienone is 2. The highest BCUT2D eigenvalue weighted by Crippen LogP contribution is 2.28. The van der Waals surface area contributed by atoms with Crippen LogP contribution in [0.1, 0.15) is 40.1 Å². The van der Waals surface area contributed by atoms with Gasteiger partial charge >= 0.3 is 11.9 Å². The highest BCUT2D eigenvalue weighted by molar-refractivity contribution is 6.26. The minimum atomic E-state index is -0.847. The van der Waals surface area contributed by atoms with Crippen molar-refractivity contribution in [1.29, 1.82) is 5.26 Å². The first kappa shape index (κ1) is 15.1. The number of ether oxygens (including phenoxy) is 2. The lowest BCUT2D eigenvalue weighted by molar-refractivity contribution is -0.140. The second-order valence-electron chi connectivity index (χ2n) is 4.38. The van der Waals surface area contributed by atoms with Gasteiger partial charge in [-0.25, -0.2) is 0 Å². The molecule has 0 fully saturated rings. The summed E-state index contributed by atoms with van der Waals surface area (Å²) >= 11 is 0. The predicted molar refractivity (Wildman–Crippen MR) is 70.4 cm³/mol. The Kier molecular flexibility index (Phi) is 3.86. The maximum Gasteiger partial charge on any atom is 0.308 e. The Morgan fingerprint density at radius 3 is 1.91 bits per heavy atom. The maximum atomic E-state index is 12.4. The fourth-order valence-electron chi connectivity index (χ4n) is 1.92. The van der Waals surface area contributed by atoms with Crippen LogP contribution in [-0.2, 0) is 19.1 Å². The molecule has 0 saturated carbocycles. The summed E-state index contributed by atoms with van der Waals surface area (Å²) in [7, 11) is 0. The van der Waals surface area contributed by atoms with Gasteiger partial charge in [0.05, 0.1) is 11.6 Å². The highest BCUT2D eigenvalue weighted by Gasteiger charge is 2.37. The van der Waals surface area contributed by atoms with E-state index in [0.717, 1.165) is 13.8 Å². The number of carbonyl (C=O) groups excluding carboxylic acids is 4. The van der Waals surface area contributed by atoms with Crippen molar-refractivity contribution in [1.82, 2.24) is 0 Å². The fourth-order valence-corrected chi connectivity index (χ4v) is 1.92. The third-order valence-corrected chi connectivity index (χ3v) is 2.75. The zero-order chi connectivity index (χ0) is 16.4. The Bertz CT molecular complexity index is 797. The van der Waals surface area contributed by atoms with Crippen LogP contribution >= 0.6 is 0 Å². The van der Waals surface area contributed by atoms with Crippen molar-refractivity contribution >= 4 is 23.5 Å². The van der Waals surface area contributed by atoms with Gasteiger partial charge in [-0.3, -0.25) is 19.2 Å². The average molecular weight is 299 g/mol. The van der Waals surface area contributed by atoms with Gasteiger partial charge < -0.3 is 9.47 Å². The first-order chi connectivity index (χ1) is 10.3. The van der Waals surface area contributed by atoms with Crippen LogP contribution in [0.15, 0.2) is 29.7 Å². The molecular weight excluding hydrogens is 290 g/mol. The first-order valence-electron chi connectivity index (χ1n) is 6.09. The quantitative estimate of drug-likeness (QED) is 0.756. The molecule has 0 atom stereocenters. The summed E-state index contributed by atoms with van der Waals surface area (Å²) in [6.07, 6.45) is 0. The first-order valence-corrected chi connectivity index (χ1v) is 6.09. The summed E-state index contributed by atoms with van der Waals surface area (Å²) in [4.78, 5) is 46.9.